The minimum atomic E-state index is -0.759. The molecule has 1 atom stereocenters. The van der Waals surface area contributed by atoms with E-state index < -0.39 is 6.10 Å². The Hall–Kier alpha value is -1.59. The third-order valence-corrected chi connectivity index (χ3v) is 12.0. The van der Waals surface area contributed by atoms with Gasteiger partial charge >= 0.3 is 17.9 Å². The smallest absolute Gasteiger partial charge is 0.306 e. The fraction of sp³-hybridized carbons (Fsp3) is 0.943. The predicted molar refractivity (Wildman–Crippen MR) is 252 cm³/mol. The summed E-state index contributed by atoms with van der Waals surface area (Å²) in [6.07, 6.45) is 49.6. The van der Waals surface area contributed by atoms with E-state index in [2.05, 4.69) is 27.7 Å². The lowest BCUT2D eigenvalue weighted by atomic mass is 10.0. The van der Waals surface area contributed by atoms with Crippen LogP contribution in [-0.2, 0) is 28.6 Å². The molecule has 6 nitrogen and oxygen atoms in total. The highest BCUT2D eigenvalue weighted by atomic mass is 16.6. The second-order valence-electron chi connectivity index (χ2n) is 18.6. The van der Waals surface area contributed by atoms with E-state index in [9.17, 15) is 14.4 Å². The zero-order valence-electron chi connectivity index (χ0n) is 40.2. The van der Waals surface area contributed by atoms with Gasteiger partial charge in [-0.05, 0) is 25.2 Å². The zero-order valence-corrected chi connectivity index (χ0v) is 40.2. The van der Waals surface area contributed by atoms with E-state index in [4.69, 9.17) is 14.2 Å². The Balaban J connectivity index is 4.17. The van der Waals surface area contributed by atoms with Crippen LogP contribution in [0.4, 0.5) is 0 Å². The maximum absolute atomic E-state index is 12.8. The van der Waals surface area contributed by atoms with Crippen molar-refractivity contribution < 1.29 is 28.6 Å². The first-order chi connectivity index (χ1) is 28.9. The van der Waals surface area contributed by atoms with E-state index >= 15 is 0 Å². The Morgan fingerprint density at radius 1 is 0.322 bits per heavy atom. The highest BCUT2D eigenvalue weighted by Gasteiger charge is 2.19. The molecule has 0 aliphatic rings. The highest BCUT2D eigenvalue weighted by molar-refractivity contribution is 5.71. The molecule has 0 spiro atoms. The summed E-state index contributed by atoms with van der Waals surface area (Å²) in [7, 11) is 0. The molecular weight excluding hydrogens is 733 g/mol. The largest absolute Gasteiger partial charge is 0.462 e. The average molecular weight is 835 g/mol. The van der Waals surface area contributed by atoms with Crippen LogP contribution in [0.1, 0.15) is 297 Å². The van der Waals surface area contributed by atoms with Crippen molar-refractivity contribution in [2.24, 2.45) is 5.92 Å². The molecule has 350 valence electrons. The second-order valence-corrected chi connectivity index (χ2v) is 18.6. The van der Waals surface area contributed by atoms with E-state index in [1.807, 2.05) is 0 Å². The Labute approximate surface area is 368 Å². The second kappa shape index (κ2) is 47.5. The first kappa shape index (κ1) is 57.4. The Bertz CT molecular complexity index is 887. The lowest BCUT2D eigenvalue weighted by molar-refractivity contribution is -0.167. The molecule has 0 saturated carbocycles. The first-order valence-electron chi connectivity index (χ1n) is 26.4. The molecule has 0 aromatic rings. The van der Waals surface area contributed by atoms with Gasteiger partial charge in [-0.15, -0.1) is 0 Å². The molecule has 6 heteroatoms. The number of ether oxygens (including phenoxy) is 3. The van der Waals surface area contributed by atoms with Gasteiger partial charge in [-0.1, -0.05) is 259 Å². The summed E-state index contributed by atoms with van der Waals surface area (Å²) in [5, 5.41) is 0. The normalized spacial score (nSPS) is 11.9. The quantitative estimate of drug-likeness (QED) is 0.0345. The van der Waals surface area contributed by atoms with Gasteiger partial charge in [-0.25, -0.2) is 0 Å². The SMILES string of the molecule is CCCCCCCCCCCCCCCCCC(=O)OC[C@@H](COC(=O)CCCCCCCCC)OC(=O)CCCCCCCCCCCCCCCCCCC(C)C. The van der Waals surface area contributed by atoms with Gasteiger partial charge in [0.15, 0.2) is 6.10 Å². The minimum Gasteiger partial charge on any atom is -0.462 e. The van der Waals surface area contributed by atoms with Gasteiger partial charge in [0.05, 0.1) is 0 Å². The van der Waals surface area contributed by atoms with Crippen molar-refractivity contribution in [3.63, 3.8) is 0 Å². The van der Waals surface area contributed by atoms with Crippen LogP contribution in [-0.4, -0.2) is 37.2 Å². The summed E-state index contributed by atoms with van der Waals surface area (Å²) in [6.45, 7) is 9.01. The molecule has 0 saturated heterocycles. The molecule has 0 rings (SSSR count). The predicted octanol–water partition coefficient (Wildman–Crippen LogP) is 17.1. The lowest BCUT2D eigenvalue weighted by Crippen LogP contribution is -2.30. The number of carbonyl (C=O) groups excluding carboxylic acids is 3. The number of hydrogen-bond donors (Lipinski definition) is 0. The number of hydrogen-bond acceptors (Lipinski definition) is 6. The van der Waals surface area contributed by atoms with Gasteiger partial charge in [0.1, 0.15) is 13.2 Å². The molecule has 0 unspecified atom stereocenters. The van der Waals surface area contributed by atoms with E-state index in [1.165, 1.54) is 193 Å². The number of unbranched alkanes of at least 4 members (excludes halogenated alkanes) is 35. The van der Waals surface area contributed by atoms with Crippen molar-refractivity contribution in [3.05, 3.63) is 0 Å². The third kappa shape index (κ3) is 47.3. The van der Waals surface area contributed by atoms with Crippen LogP contribution in [0.3, 0.4) is 0 Å². The van der Waals surface area contributed by atoms with Crippen molar-refractivity contribution in [2.45, 2.75) is 303 Å². The van der Waals surface area contributed by atoms with Crippen LogP contribution in [0.15, 0.2) is 0 Å². The standard InChI is InChI=1S/C53H102O6/c1-5-7-9-11-13-14-15-16-19-23-26-29-33-37-41-45-52(55)58-48-50(47-57-51(54)44-40-36-31-12-10-8-6-2)59-53(56)46-42-38-34-30-27-24-21-18-17-20-22-25-28-32-35-39-43-49(3)4/h49-50H,5-48H2,1-4H3/t50-/m1/s1. The van der Waals surface area contributed by atoms with Crippen LogP contribution in [0.25, 0.3) is 0 Å². The van der Waals surface area contributed by atoms with Crippen LogP contribution < -0.4 is 0 Å². The number of rotatable bonds is 48. The van der Waals surface area contributed by atoms with Crippen molar-refractivity contribution in [3.8, 4) is 0 Å². The fourth-order valence-corrected chi connectivity index (χ4v) is 8.04. The summed E-state index contributed by atoms with van der Waals surface area (Å²) in [5.74, 6) is 0.00246. The van der Waals surface area contributed by atoms with Gasteiger partial charge in [-0.3, -0.25) is 14.4 Å². The average Bonchev–Trinajstić information content (AvgIpc) is 3.22. The minimum absolute atomic E-state index is 0.0629. The molecule has 0 amide bonds. The summed E-state index contributed by atoms with van der Waals surface area (Å²) in [6, 6.07) is 0. The lowest BCUT2D eigenvalue weighted by Gasteiger charge is -2.18. The Morgan fingerprint density at radius 2 is 0.559 bits per heavy atom. The molecule has 0 N–H and O–H groups in total. The highest BCUT2D eigenvalue weighted by Crippen LogP contribution is 2.17. The van der Waals surface area contributed by atoms with Crippen LogP contribution >= 0.6 is 0 Å². The molecule has 0 aromatic carbocycles. The fourth-order valence-electron chi connectivity index (χ4n) is 8.04. The van der Waals surface area contributed by atoms with Gasteiger partial charge in [0, 0.05) is 19.3 Å². The molecule has 0 radical (unpaired) electrons. The molecule has 0 bridgehead atoms. The van der Waals surface area contributed by atoms with E-state index in [-0.39, 0.29) is 31.1 Å². The van der Waals surface area contributed by atoms with Crippen molar-refractivity contribution in [1.29, 1.82) is 0 Å². The van der Waals surface area contributed by atoms with Crippen molar-refractivity contribution in [1.82, 2.24) is 0 Å². The maximum atomic E-state index is 12.8. The van der Waals surface area contributed by atoms with E-state index in [1.54, 1.807) is 0 Å². The topological polar surface area (TPSA) is 78.9 Å². The Morgan fingerprint density at radius 3 is 0.831 bits per heavy atom. The first-order valence-corrected chi connectivity index (χ1v) is 26.4. The summed E-state index contributed by atoms with van der Waals surface area (Å²) in [4.78, 5) is 37.8. The molecule has 0 fully saturated rings. The van der Waals surface area contributed by atoms with Crippen LogP contribution in [0.5, 0.6) is 0 Å². The van der Waals surface area contributed by atoms with Gasteiger partial charge < -0.3 is 14.2 Å². The van der Waals surface area contributed by atoms with Gasteiger partial charge in [0.2, 0.25) is 0 Å². The molecule has 0 heterocycles. The molecule has 0 aromatic heterocycles. The molecule has 0 aliphatic carbocycles. The number of carbonyl (C=O) groups is 3. The summed E-state index contributed by atoms with van der Waals surface area (Å²) < 4.78 is 16.8. The van der Waals surface area contributed by atoms with Crippen molar-refractivity contribution >= 4 is 17.9 Å². The molecule has 0 aliphatic heterocycles. The summed E-state index contributed by atoms with van der Waals surface area (Å²) in [5.41, 5.74) is 0. The Kier molecular flexibility index (Phi) is 46.2. The molecular formula is C53H102O6. The number of esters is 3. The maximum Gasteiger partial charge on any atom is 0.306 e. The molecule has 59 heavy (non-hydrogen) atoms. The van der Waals surface area contributed by atoms with E-state index in [0.717, 1.165) is 63.7 Å². The van der Waals surface area contributed by atoms with Gasteiger partial charge in [0.25, 0.3) is 0 Å². The third-order valence-electron chi connectivity index (χ3n) is 12.0. The van der Waals surface area contributed by atoms with E-state index in [0.29, 0.717) is 19.3 Å². The van der Waals surface area contributed by atoms with Crippen molar-refractivity contribution in [2.75, 3.05) is 13.2 Å². The monoisotopic (exact) mass is 835 g/mol. The zero-order chi connectivity index (χ0) is 43.1. The van der Waals surface area contributed by atoms with Crippen LogP contribution in [0.2, 0.25) is 0 Å². The van der Waals surface area contributed by atoms with Crippen LogP contribution in [0, 0.1) is 5.92 Å². The summed E-state index contributed by atoms with van der Waals surface area (Å²) >= 11 is 0. The van der Waals surface area contributed by atoms with Gasteiger partial charge in [-0.2, -0.15) is 0 Å².